The normalized spacial score (nSPS) is 12.0. The third-order valence-electron chi connectivity index (χ3n) is 1.89. The molecule has 0 amide bonds. The largest absolute Gasteiger partial charge is 0.305 e. The van der Waals surface area contributed by atoms with Crippen LogP contribution in [0.4, 0.5) is 0 Å². The summed E-state index contributed by atoms with van der Waals surface area (Å²) in [7, 11) is 0. The maximum atomic E-state index is 4.38. The van der Waals surface area contributed by atoms with Gasteiger partial charge in [-0.05, 0) is 27.0 Å². The molecule has 0 saturated carbocycles. The fourth-order valence-corrected chi connectivity index (χ4v) is 1.42. The van der Waals surface area contributed by atoms with Gasteiger partial charge in [0.15, 0.2) is 5.82 Å². The lowest BCUT2D eigenvalue weighted by Gasteiger charge is -2.19. The van der Waals surface area contributed by atoms with E-state index in [1.54, 1.807) is 6.33 Å². The summed E-state index contributed by atoms with van der Waals surface area (Å²) in [6.07, 6.45) is 3.90. The van der Waals surface area contributed by atoms with Crippen molar-refractivity contribution in [3.63, 3.8) is 0 Å². The fourth-order valence-electron chi connectivity index (χ4n) is 1.05. The Morgan fingerprint density at radius 3 is 2.80 bits per heavy atom. The van der Waals surface area contributed by atoms with Crippen molar-refractivity contribution in [2.24, 2.45) is 0 Å². The number of hydrogen-bond acceptors (Lipinski definition) is 4. The molecule has 1 N–H and O–H groups in total. The van der Waals surface area contributed by atoms with Crippen molar-refractivity contribution in [3.05, 3.63) is 12.2 Å². The maximum Gasteiger partial charge on any atom is 0.164 e. The molecule has 0 aliphatic carbocycles. The summed E-state index contributed by atoms with van der Waals surface area (Å²) >= 11 is 1.82. The summed E-state index contributed by atoms with van der Waals surface area (Å²) in [6.45, 7) is 8.08. The highest BCUT2D eigenvalue weighted by Gasteiger charge is 2.10. The van der Waals surface area contributed by atoms with Crippen LogP contribution < -0.4 is 5.32 Å². The lowest BCUT2D eigenvalue weighted by atomic mass is 10.1. The van der Waals surface area contributed by atoms with Crippen molar-refractivity contribution in [2.75, 3.05) is 12.0 Å². The van der Waals surface area contributed by atoms with Gasteiger partial charge in [-0.2, -0.15) is 16.9 Å². The summed E-state index contributed by atoms with van der Waals surface area (Å²) < 4.78 is 1.90. The van der Waals surface area contributed by atoms with Crippen molar-refractivity contribution in [3.8, 4) is 0 Å². The van der Waals surface area contributed by atoms with Gasteiger partial charge in [0.2, 0.25) is 0 Å². The van der Waals surface area contributed by atoms with Gasteiger partial charge in [0.1, 0.15) is 6.33 Å². The Morgan fingerprint density at radius 2 is 2.20 bits per heavy atom. The Morgan fingerprint density at radius 1 is 1.47 bits per heavy atom. The molecule has 1 aromatic heterocycles. The topological polar surface area (TPSA) is 42.7 Å². The van der Waals surface area contributed by atoms with Crippen LogP contribution in [0, 0.1) is 0 Å². The van der Waals surface area contributed by atoms with Crippen LogP contribution >= 0.6 is 11.8 Å². The molecular weight excluding hydrogens is 208 g/mol. The van der Waals surface area contributed by atoms with Gasteiger partial charge in [-0.1, -0.05) is 0 Å². The molecule has 0 fully saturated rings. The van der Waals surface area contributed by atoms with Gasteiger partial charge in [-0.15, -0.1) is 0 Å². The van der Waals surface area contributed by atoms with Crippen LogP contribution in [-0.2, 0) is 13.1 Å². The Balaban J connectivity index is 2.39. The molecule has 15 heavy (non-hydrogen) atoms. The second kappa shape index (κ2) is 5.51. The number of rotatable bonds is 5. The second-order valence-electron chi connectivity index (χ2n) is 4.52. The van der Waals surface area contributed by atoms with E-state index in [9.17, 15) is 0 Å². The van der Waals surface area contributed by atoms with Gasteiger partial charge in [0.05, 0.1) is 13.1 Å². The van der Waals surface area contributed by atoms with E-state index in [-0.39, 0.29) is 5.54 Å². The van der Waals surface area contributed by atoms with E-state index in [4.69, 9.17) is 0 Å². The van der Waals surface area contributed by atoms with E-state index in [0.29, 0.717) is 0 Å². The SMILES string of the molecule is CSCCn1cnc(CNC(C)(C)C)n1. The lowest BCUT2D eigenvalue weighted by molar-refractivity contribution is 0.416. The number of hydrogen-bond donors (Lipinski definition) is 1. The summed E-state index contributed by atoms with van der Waals surface area (Å²) in [5, 5.41) is 7.74. The van der Waals surface area contributed by atoms with Crippen molar-refractivity contribution in [1.82, 2.24) is 20.1 Å². The van der Waals surface area contributed by atoms with E-state index in [2.05, 4.69) is 42.4 Å². The van der Waals surface area contributed by atoms with Crippen LogP contribution in [0.25, 0.3) is 0 Å². The molecule has 0 aliphatic heterocycles. The average Bonchev–Trinajstić information content (AvgIpc) is 2.58. The summed E-state index contributed by atoms with van der Waals surface area (Å²) in [6, 6.07) is 0. The second-order valence-corrected chi connectivity index (χ2v) is 5.51. The summed E-state index contributed by atoms with van der Waals surface area (Å²) in [5.41, 5.74) is 0.116. The minimum atomic E-state index is 0.116. The molecular formula is C10H20N4S. The molecule has 0 spiro atoms. The third kappa shape index (κ3) is 5.18. The zero-order valence-corrected chi connectivity index (χ0v) is 10.8. The molecule has 1 aromatic rings. The number of aromatic nitrogens is 3. The molecule has 1 heterocycles. The van der Waals surface area contributed by atoms with Crippen molar-refractivity contribution in [2.45, 2.75) is 39.4 Å². The van der Waals surface area contributed by atoms with Gasteiger partial charge in [0.25, 0.3) is 0 Å². The van der Waals surface area contributed by atoms with Crippen LogP contribution in [0.2, 0.25) is 0 Å². The van der Waals surface area contributed by atoms with Crippen molar-refractivity contribution >= 4 is 11.8 Å². The molecule has 1 rings (SSSR count). The smallest absolute Gasteiger partial charge is 0.164 e. The van der Waals surface area contributed by atoms with E-state index < -0.39 is 0 Å². The van der Waals surface area contributed by atoms with Crippen LogP contribution in [0.15, 0.2) is 6.33 Å². The molecule has 0 atom stereocenters. The molecule has 0 saturated heterocycles. The summed E-state index contributed by atoms with van der Waals surface area (Å²) in [5.74, 6) is 1.95. The first-order valence-electron chi connectivity index (χ1n) is 5.13. The number of thioether (sulfide) groups is 1. The minimum Gasteiger partial charge on any atom is -0.305 e. The average molecular weight is 228 g/mol. The molecule has 0 unspecified atom stereocenters. The quantitative estimate of drug-likeness (QED) is 0.830. The summed E-state index contributed by atoms with van der Waals surface area (Å²) in [4.78, 5) is 4.25. The highest BCUT2D eigenvalue weighted by atomic mass is 32.2. The Kier molecular flexibility index (Phi) is 4.60. The monoisotopic (exact) mass is 228 g/mol. The van der Waals surface area contributed by atoms with E-state index >= 15 is 0 Å². The van der Waals surface area contributed by atoms with Gasteiger partial charge in [-0.25, -0.2) is 4.98 Å². The minimum absolute atomic E-state index is 0.116. The van der Waals surface area contributed by atoms with Gasteiger partial charge in [0, 0.05) is 11.3 Å². The van der Waals surface area contributed by atoms with Gasteiger partial charge >= 0.3 is 0 Å². The molecule has 0 aliphatic rings. The van der Waals surface area contributed by atoms with E-state index in [1.165, 1.54) is 0 Å². The maximum absolute atomic E-state index is 4.38. The lowest BCUT2D eigenvalue weighted by Crippen LogP contribution is -2.35. The first kappa shape index (κ1) is 12.5. The third-order valence-corrected chi connectivity index (χ3v) is 2.48. The molecule has 4 nitrogen and oxygen atoms in total. The highest BCUT2D eigenvalue weighted by molar-refractivity contribution is 7.98. The molecule has 5 heteroatoms. The van der Waals surface area contributed by atoms with E-state index in [0.717, 1.165) is 24.7 Å². The van der Waals surface area contributed by atoms with Gasteiger partial charge in [-0.3, -0.25) is 4.68 Å². The predicted molar refractivity (Wildman–Crippen MR) is 65.0 cm³/mol. The van der Waals surface area contributed by atoms with Crippen LogP contribution in [0.5, 0.6) is 0 Å². The Hall–Kier alpha value is -0.550. The number of nitrogens with zero attached hydrogens (tertiary/aromatic N) is 3. The fraction of sp³-hybridized carbons (Fsp3) is 0.800. The zero-order chi connectivity index (χ0) is 11.3. The molecule has 0 bridgehead atoms. The predicted octanol–water partition coefficient (Wildman–Crippen LogP) is 1.53. The first-order chi connectivity index (χ1) is 7.01. The standard InChI is InChI=1S/C10H20N4S/c1-10(2,3)12-7-9-11-8-14(13-9)5-6-15-4/h8,12H,5-7H2,1-4H3. The Labute approximate surface area is 95.9 Å². The Bertz CT molecular complexity index is 290. The van der Waals surface area contributed by atoms with Crippen LogP contribution in [0.1, 0.15) is 26.6 Å². The number of nitrogens with one attached hydrogen (secondary N) is 1. The zero-order valence-electron chi connectivity index (χ0n) is 9.95. The molecule has 0 aromatic carbocycles. The first-order valence-corrected chi connectivity index (χ1v) is 6.53. The van der Waals surface area contributed by atoms with Gasteiger partial charge < -0.3 is 5.32 Å². The van der Waals surface area contributed by atoms with E-state index in [1.807, 2.05) is 16.4 Å². The molecule has 86 valence electrons. The van der Waals surface area contributed by atoms with Crippen LogP contribution in [0.3, 0.4) is 0 Å². The van der Waals surface area contributed by atoms with Crippen molar-refractivity contribution < 1.29 is 0 Å². The number of aryl methyl sites for hydroxylation is 1. The molecule has 0 radical (unpaired) electrons. The highest BCUT2D eigenvalue weighted by Crippen LogP contribution is 2.01. The van der Waals surface area contributed by atoms with Crippen LogP contribution in [-0.4, -0.2) is 32.3 Å². The van der Waals surface area contributed by atoms with Crippen molar-refractivity contribution in [1.29, 1.82) is 0 Å².